The number of unbranched alkanes of at least 4 members (excludes halogenated alkanes) is 2. The number of hydrogen-bond acceptors (Lipinski definition) is 4. The Morgan fingerprint density at radius 3 is 2.41 bits per heavy atom. The molecule has 0 aliphatic heterocycles. The lowest BCUT2D eigenvalue weighted by molar-refractivity contribution is 0.276. The fourth-order valence-electron chi connectivity index (χ4n) is 1.25. The lowest BCUT2D eigenvalue weighted by Gasteiger charge is -2.05. The predicted octanol–water partition coefficient (Wildman–Crippen LogP) is 2.39. The van der Waals surface area contributed by atoms with E-state index in [0.717, 1.165) is 18.6 Å². The summed E-state index contributed by atoms with van der Waals surface area (Å²) in [5, 5.41) is 0. The Hall–Kier alpha value is -0.690. The van der Waals surface area contributed by atoms with Crippen LogP contribution >= 0.6 is 0 Å². The van der Waals surface area contributed by atoms with Gasteiger partial charge in [-0.25, -0.2) is 0 Å². The molecule has 0 heterocycles. The monoisotopic (exact) mass is 276 g/mol. The van der Waals surface area contributed by atoms with E-state index in [2.05, 4.69) is 15.4 Å². The van der Waals surface area contributed by atoms with Crippen LogP contribution in [0.4, 0.5) is 0 Å². The zero-order chi connectivity index (χ0) is 12.6. The van der Waals surface area contributed by atoms with Crippen molar-refractivity contribution in [2.24, 2.45) is 0 Å². The average Bonchev–Trinajstić information content (AvgIpc) is 2.28. The molecule has 17 heavy (non-hydrogen) atoms. The second-order valence-corrected chi connectivity index (χ2v) is 5.83. The summed E-state index contributed by atoms with van der Waals surface area (Å²) in [5.41, 5.74) is 0. The maximum absolute atomic E-state index is 10.6. The van der Waals surface area contributed by atoms with Crippen molar-refractivity contribution in [3.05, 3.63) is 30.3 Å². The molecule has 0 radical (unpaired) electrons. The van der Waals surface area contributed by atoms with E-state index in [1.165, 1.54) is 0 Å². The molecule has 0 amide bonds. The minimum Gasteiger partial charge on any atom is -0.494 e. The largest absolute Gasteiger partial charge is 0.494 e. The smallest absolute Gasteiger partial charge is 0.266 e. The van der Waals surface area contributed by atoms with Crippen molar-refractivity contribution < 1.29 is 17.7 Å². The third kappa shape index (κ3) is 8.09. The van der Waals surface area contributed by atoms with Gasteiger partial charge in [0.2, 0.25) is 0 Å². The molecule has 0 spiro atoms. The van der Waals surface area contributed by atoms with Crippen LogP contribution in [0.15, 0.2) is 30.3 Å². The summed E-state index contributed by atoms with van der Waals surface area (Å²) < 4.78 is 29.3. The first-order chi connectivity index (χ1) is 8.08. The molecule has 0 saturated carbocycles. The highest BCUT2D eigenvalue weighted by atomic mass is 32.9. The Bertz CT molecular complexity index is 403. The van der Waals surface area contributed by atoms with E-state index in [1.54, 1.807) is 0 Å². The Kier molecular flexibility index (Phi) is 6.43. The van der Waals surface area contributed by atoms with Crippen molar-refractivity contribution in [3.8, 4) is 5.75 Å². The first-order valence-electron chi connectivity index (χ1n) is 5.37. The van der Waals surface area contributed by atoms with Gasteiger partial charge in [0, 0.05) is 11.2 Å². The number of para-hydroxylation sites is 1. The average molecular weight is 276 g/mol. The molecule has 0 aliphatic rings. The van der Waals surface area contributed by atoms with Gasteiger partial charge in [-0.1, -0.05) is 18.2 Å². The first kappa shape index (κ1) is 14.4. The van der Waals surface area contributed by atoms with E-state index in [0.29, 0.717) is 13.0 Å². The molecule has 96 valence electrons. The van der Waals surface area contributed by atoms with E-state index in [9.17, 15) is 4.21 Å². The first-order valence-corrected chi connectivity index (χ1v) is 7.74. The Labute approximate surface area is 107 Å². The maximum Gasteiger partial charge on any atom is 0.266 e. The van der Waals surface area contributed by atoms with Crippen LogP contribution in [0.3, 0.4) is 0 Å². The molecule has 6 heteroatoms. The van der Waals surface area contributed by atoms with Gasteiger partial charge in [-0.15, -0.1) is 0 Å². The minimum atomic E-state index is -3.46. The van der Waals surface area contributed by atoms with Gasteiger partial charge in [-0.2, -0.15) is 4.21 Å². The second kappa shape index (κ2) is 7.60. The van der Waals surface area contributed by atoms with Crippen LogP contribution in [0, 0.1) is 0 Å². The molecule has 0 aromatic heterocycles. The van der Waals surface area contributed by atoms with Crippen LogP contribution in [0.25, 0.3) is 0 Å². The highest BCUT2D eigenvalue weighted by Crippen LogP contribution is 2.09. The number of ether oxygens (including phenoxy) is 1. The van der Waals surface area contributed by atoms with Crippen LogP contribution in [-0.4, -0.2) is 22.0 Å². The molecule has 0 aliphatic carbocycles. The summed E-state index contributed by atoms with van der Waals surface area (Å²) in [4.78, 5) is 0. The standard InChI is InChI=1S/C11H16O4S2/c12-17(13,16)15-10-6-2-5-9-14-11-7-3-1-4-8-11/h1,3-4,7-8H,2,5-6,9-10H2,(H,12,13,16). The maximum atomic E-state index is 10.6. The fourth-order valence-corrected chi connectivity index (χ4v) is 1.78. The van der Waals surface area contributed by atoms with Crippen LogP contribution in [0.2, 0.25) is 0 Å². The van der Waals surface area contributed by atoms with Gasteiger partial charge < -0.3 is 4.74 Å². The van der Waals surface area contributed by atoms with Crippen molar-refractivity contribution >= 4 is 20.2 Å². The topological polar surface area (TPSA) is 55.8 Å². The molecule has 0 fully saturated rings. The summed E-state index contributed by atoms with van der Waals surface area (Å²) in [6.07, 6.45) is 2.45. The molecule has 1 rings (SSSR count). The van der Waals surface area contributed by atoms with Gasteiger partial charge >= 0.3 is 0 Å². The number of benzene rings is 1. The van der Waals surface area contributed by atoms with Crippen molar-refractivity contribution in [1.29, 1.82) is 0 Å². The fraction of sp³-hybridized carbons (Fsp3) is 0.455. The van der Waals surface area contributed by atoms with Gasteiger partial charge in [-0.05, 0) is 31.4 Å². The van der Waals surface area contributed by atoms with Crippen molar-refractivity contribution in [3.63, 3.8) is 0 Å². The molecule has 0 bridgehead atoms. The Morgan fingerprint density at radius 2 is 1.76 bits per heavy atom. The van der Waals surface area contributed by atoms with Crippen LogP contribution < -0.4 is 4.74 Å². The third-order valence-corrected chi connectivity index (χ3v) is 2.79. The highest BCUT2D eigenvalue weighted by molar-refractivity contribution is 8.27. The van der Waals surface area contributed by atoms with Crippen LogP contribution in [0.5, 0.6) is 5.75 Å². The lowest BCUT2D eigenvalue weighted by Crippen LogP contribution is -2.04. The highest BCUT2D eigenvalue weighted by Gasteiger charge is 1.99. The van der Waals surface area contributed by atoms with E-state index >= 15 is 0 Å². The zero-order valence-electron chi connectivity index (χ0n) is 9.41. The SMILES string of the molecule is O=S(O)(=S)OCCCCCOc1ccccc1. The van der Waals surface area contributed by atoms with Crippen molar-refractivity contribution in [2.45, 2.75) is 19.3 Å². The number of hydrogen-bond donors (Lipinski definition) is 1. The molecule has 1 unspecified atom stereocenters. The summed E-state index contributed by atoms with van der Waals surface area (Å²) in [6.45, 7) is 0.844. The summed E-state index contributed by atoms with van der Waals surface area (Å²) in [5.74, 6) is 0.854. The molecule has 1 atom stereocenters. The van der Waals surface area contributed by atoms with Gasteiger partial charge in [0.1, 0.15) is 5.75 Å². The molecule has 1 N–H and O–H groups in total. The van der Waals surface area contributed by atoms with Gasteiger partial charge in [-0.3, -0.25) is 8.74 Å². The molecule has 4 nitrogen and oxygen atoms in total. The summed E-state index contributed by atoms with van der Waals surface area (Å²) in [6, 6.07) is 9.59. The molecular weight excluding hydrogens is 260 g/mol. The van der Waals surface area contributed by atoms with E-state index < -0.39 is 9.05 Å². The van der Waals surface area contributed by atoms with Gasteiger partial charge in [0.15, 0.2) is 0 Å². The second-order valence-electron chi connectivity index (χ2n) is 3.47. The normalized spacial score (nSPS) is 14.2. The molecule has 0 saturated heterocycles. The summed E-state index contributed by atoms with van der Waals surface area (Å²) >= 11 is 4.19. The minimum absolute atomic E-state index is 0.212. The Balaban J connectivity index is 1.99. The summed E-state index contributed by atoms with van der Waals surface area (Å²) in [7, 11) is -3.46. The Morgan fingerprint density at radius 1 is 1.12 bits per heavy atom. The van der Waals surface area contributed by atoms with Crippen molar-refractivity contribution in [2.75, 3.05) is 13.2 Å². The molecular formula is C11H16O4S2. The quantitative estimate of drug-likeness (QED) is 0.739. The van der Waals surface area contributed by atoms with Crippen LogP contribution in [0.1, 0.15) is 19.3 Å². The van der Waals surface area contributed by atoms with E-state index in [1.807, 2.05) is 30.3 Å². The van der Waals surface area contributed by atoms with Gasteiger partial charge in [0.25, 0.3) is 9.05 Å². The lowest BCUT2D eigenvalue weighted by atomic mass is 10.2. The van der Waals surface area contributed by atoms with E-state index in [-0.39, 0.29) is 6.61 Å². The van der Waals surface area contributed by atoms with Gasteiger partial charge in [0.05, 0.1) is 13.2 Å². The van der Waals surface area contributed by atoms with Crippen LogP contribution in [-0.2, 0) is 24.4 Å². The molecule has 1 aromatic rings. The zero-order valence-corrected chi connectivity index (χ0v) is 11.0. The number of rotatable bonds is 8. The molecule has 1 aromatic carbocycles. The predicted molar refractivity (Wildman–Crippen MR) is 69.9 cm³/mol. The van der Waals surface area contributed by atoms with Crippen molar-refractivity contribution in [1.82, 2.24) is 0 Å². The third-order valence-electron chi connectivity index (χ3n) is 2.03. The van der Waals surface area contributed by atoms with E-state index in [4.69, 9.17) is 9.29 Å².